The zero-order chi connectivity index (χ0) is 19.0. The van der Waals surface area contributed by atoms with E-state index < -0.39 is 17.6 Å². The average Bonchev–Trinajstić information content (AvgIpc) is 3.29. The van der Waals surface area contributed by atoms with E-state index in [-0.39, 0.29) is 5.82 Å². The van der Waals surface area contributed by atoms with Crippen molar-refractivity contribution in [2.45, 2.75) is 6.18 Å². The maximum absolute atomic E-state index is 12.6. The molecule has 0 atom stereocenters. The fourth-order valence-corrected chi connectivity index (χ4v) is 2.78. The Morgan fingerprint density at radius 3 is 2.52 bits per heavy atom. The Morgan fingerprint density at radius 1 is 1.04 bits per heavy atom. The number of amides is 1. The van der Waals surface area contributed by atoms with Crippen LogP contribution in [0.25, 0.3) is 22.2 Å². The summed E-state index contributed by atoms with van der Waals surface area (Å²) in [6.45, 7) is 0. The van der Waals surface area contributed by atoms with Crippen molar-refractivity contribution in [3.05, 3.63) is 72.3 Å². The molecule has 0 aliphatic rings. The van der Waals surface area contributed by atoms with E-state index in [2.05, 4.69) is 20.3 Å². The molecule has 3 N–H and O–H groups in total. The van der Waals surface area contributed by atoms with Gasteiger partial charge in [-0.05, 0) is 23.8 Å². The van der Waals surface area contributed by atoms with Crippen molar-refractivity contribution in [2.24, 2.45) is 0 Å². The largest absolute Gasteiger partial charge is 0.416 e. The van der Waals surface area contributed by atoms with Crippen LogP contribution in [0.3, 0.4) is 0 Å². The van der Waals surface area contributed by atoms with Crippen LogP contribution in [-0.4, -0.2) is 20.9 Å². The van der Waals surface area contributed by atoms with Gasteiger partial charge in [0.25, 0.3) is 5.91 Å². The van der Waals surface area contributed by atoms with E-state index in [1.165, 1.54) is 18.3 Å². The minimum atomic E-state index is -4.39. The van der Waals surface area contributed by atoms with Crippen molar-refractivity contribution in [3.63, 3.8) is 0 Å². The molecule has 0 radical (unpaired) electrons. The SMILES string of the molecule is O=C(Nc1c[nH]c2ccccc12)c1ncc(-c2ccc(C(F)(F)F)cc2)[nH]1. The lowest BCUT2D eigenvalue weighted by atomic mass is 10.1. The van der Waals surface area contributed by atoms with E-state index in [1.807, 2.05) is 24.3 Å². The Morgan fingerprint density at radius 2 is 1.78 bits per heavy atom. The fourth-order valence-electron chi connectivity index (χ4n) is 2.78. The van der Waals surface area contributed by atoms with Gasteiger partial charge in [-0.25, -0.2) is 4.98 Å². The molecule has 0 spiro atoms. The van der Waals surface area contributed by atoms with Crippen LogP contribution in [0.5, 0.6) is 0 Å². The van der Waals surface area contributed by atoms with Gasteiger partial charge in [0.2, 0.25) is 0 Å². The highest BCUT2D eigenvalue weighted by Crippen LogP contribution is 2.30. The van der Waals surface area contributed by atoms with Gasteiger partial charge in [0, 0.05) is 17.1 Å². The number of anilines is 1. The molecular formula is C19H13F3N4O. The van der Waals surface area contributed by atoms with Crippen molar-refractivity contribution in [1.82, 2.24) is 15.0 Å². The van der Waals surface area contributed by atoms with Crippen LogP contribution in [0, 0.1) is 0 Å². The van der Waals surface area contributed by atoms with Crippen molar-refractivity contribution in [1.29, 1.82) is 0 Å². The summed E-state index contributed by atoms with van der Waals surface area (Å²) in [4.78, 5) is 22.3. The maximum atomic E-state index is 12.6. The van der Waals surface area contributed by atoms with Gasteiger partial charge in [0.1, 0.15) is 0 Å². The molecule has 2 aromatic carbocycles. The number of benzene rings is 2. The predicted octanol–water partition coefficient (Wildman–Crippen LogP) is 4.83. The molecule has 0 bridgehead atoms. The quantitative estimate of drug-likeness (QED) is 0.483. The second-order valence-electron chi connectivity index (χ2n) is 5.92. The highest BCUT2D eigenvalue weighted by Gasteiger charge is 2.30. The van der Waals surface area contributed by atoms with Gasteiger partial charge in [-0.2, -0.15) is 13.2 Å². The number of para-hydroxylation sites is 1. The summed E-state index contributed by atoms with van der Waals surface area (Å²) in [6.07, 6.45) is -1.30. The number of H-pyrrole nitrogens is 2. The number of alkyl halides is 3. The monoisotopic (exact) mass is 370 g/mol. The summed E-state index contributed by atoms with van der Waals surface area (Å²) in [5.74, 6) is -0.381. The predicted molar refractivity (Wildman–Crippen MR) is 95.3 cm³/mol. The van der Waals surface area contributed by atoms with Crippen LogP contribution in [-0.2, 0) is 6.18 Å². The summed E-state index contributed by atoms with van der Waals surface area (Å²) in [5.41, 5.74) is 1.72. The number of imidazole rings is 1. The number of rotatable bonds is 3. The molecule has 0 aliphatic heterocycles. The van der Waals surface area contributed by atoms with Crippen LogP contribution >= 0.6 is 0 Å². The topological polar surface area (TPSA) is 73.6 Å². The zero-order valence-electron chi connectivity index (χ0n) is 13.8. The van der Waals surface area contributed by atoms with E-state index in [1.54, 1.807) is 6.20 Å². The fraction of sp³-hybridized carbons (Fsp3) is 0.0526. The van der Waals surface area contributed by atoms with E-state index in [4.69, 9.17) is 0 Å². The Bertz CT molecular complexity index is 1110. The molecule has 0 saturated heterocycles. The summed E-state index contributed by atoms with van der Waals surface area (Å²) < 4.78 is 37.9. The third-order valence-electron chi connectivity index (χ3n) is 4.15. The number of fused-ring (bicyclic) bond motifs is 1. The zero-order valence-corrected chi connectivity index (χ0v) is 13.8. The molecule has 5 nitrogen and oxygen atoms in total. The lowest BCUT2D eigenvalue weighted by Gasteiger charge is -2.06. The molecule has 2 heterocycles. The minimum absolute atomic E-state index is 0.0650. The Hall–Kier alpha value is -3.55. The number of nitrogens with zero attached hydrogens (tertiary/aromatic N) is 1. The lowest BCUT2D eigenvalue weighted by molar-refractivity contribution is -0.137. The van der Waals surface area contributed by atoms with Gasteiger partial charge in [-0.3, -0.25) is 4.79 Å². The number of carbonyl (C=O) groups is 1. The first kappa shape index (κ1) is 16.9. The summed E-state index contributed by atoms with van der Waals surface area (Å²) in [7, 11) is 0. The smallest absolute Gasteiger partial charge is 0.359 e. The van der Waals surface area contributed by atoms with Gasteiger partial charge in [0.15, 0.2) is 5.82 Å². The Kier molecular flexibility index (Phi) is 3.95. The number of aromatic amines is 2. The molecule has 4 aromatic rings. The van der Waals surface area contributed by atoms with Gasteiger partial charge >= 0.3 is 6.18 Å². The third-order valence-corrected chi connectivity index (χ3v) is 4.15. The van der Waals surface area contributed by atoms with Gasteiger partial charge in [-0.1, -0.05) is 30.3 Å². The first-order valence-electron chi connectivity index (χ1n) is 8.02. The Balaban J connectivity index is 1.54. The summed E-state index contributed by atoms with van der Waals surface area (Å²) in [6, 6.07) is 12.1. The molecule has 2 aromatic heterocycles. The molecule has 0 aliphatic carbocycles. The molecule has 1 amide bonds. The molecule has 4 rings (SSSR count). The lowest BCUT2D eigenvalue weighted by Crippen LogP contribution is -2.13. The Labute approximate surface area is 151 Å². The summed E-state index contributed by atoms with van der Waals surface area (Å²) in [5, 5.41) is 3.62. The minimum Gasteiger partial charge on any atom is -0.359 e. The number of carbonyl (C=O) groups excluding carboxylic acids is 1. The van der Waals surface area contributed by atoms with Gasteiger partial charge < -0.3 is 15.3 Å². The molecule has 0 saturated carbocycles. The number of hydrogen-bond donors (Lipinski definition) is 3. The van der Waals surface area contributed by atoms with Gasteiger partial charge in [0.05, 0.1) is 23.1 Å². The molecular weight excluding hydrogens is 357 g/mol. The number of hydrogen-bond acceptors (Lipinski definition) is 2. The average molecular weight is 370 g/mol. The molecule has 0 unspecified atom stereocenters. The van der Waals surface area contributed by atoms with Crippen LogP contribution in [0.1, 0.15) is 16.2 Å². The maximum Gasteiger partial charge on any atom is 0.416 e. The van der Waals surface area contributed by atoms with Crippen LogP contribution < -0.4 is 5.32 Å². The highest BCUT2D eigenvalue weighted by molar-refractivity contribution is 6.07. The summed E-state index contributed by atoms with van der Waals surface area (Å²) >= 11 is 0. The molecule has 27 heavy (non-hydrogen) atoms. The van der Waals surface area contributed by atoms with E-state index in [0.717, 1.165) is 23.0 Å². The second-order valence-corrected chi connectivity index (χ2v) is 5.92. The molecule has 8 heteroatoms. The van der Waals surface area contributed by atoms with Crippen LogP contribution in [0.15, 0.2) is 60.9 Å². The van der Waals surface area contributed by atoms with Crippen molar-refractivity contribution in [2.75, 3.05) is 5.32 Å². The van der Waals surface area contributed by atoms with Crippen LogP contribution in [0.4, 0.5) is 18.9 Å². The van der Waals surface area contributed by atoms with Crippen LogP contribution in [0.2, 0.25) is 0 Å². The number of nitrogens with one attached hydrogen (secondary N) is 3. The standard InChI is InChI=1S/C19H13F3N4O/c20-19(21,22)12-7-5-11(6-8-12)15-9-24-17(25-15)18(27)26-16-10-23-14-4-2-1-3-13(14)16/h1-10,23H,(H,24,25)(H,26,27). The second kappa shape index (κ2) is 6.31. The normalized spacial score (nSPS) is 11.7. The van der Waals surface area contributed by atoms with Crippen molar-refractivity contribution >= 4 is 22.5 Å². The van der Waals surface area contributed by atoms with Crippen molar-refractivity contribution < 1.29 is 18.0 Å². The van der Waals surface area contributed by atoms with E-state index >= 15 is 0 Å². The number of halogens is 3. The molecule has 0 fully saturated rings. The van der Waals surface area contributed by atoms with E-state index in [0.29, 0.717) is 16.9 Å². The van der Waals surface area contributed by atoms with Gasteiger partial charge in [-0.15, -0.1) is 0 Å². The molecule has 136 valence electrons. The number of aromatic nitrogens is 3. The van der Waals surface area contributed by atoms with Crippen molar-refractivity contribution in [3.8, 4) is 11.3 Å². The first-order valence-corrected chi connectivity index (χ1v) is 8.02. The highest BCUT2D eigenvalue weighted by atomic mass is 19.4. The third kappa shape index (κ3) is 3.29. The first-order chi connectivity index (χ1) is 12.9. The van der Waals surface area contributed by atoms with E-state index in [9.17, 15) is 18.0 Å².